The van der Waals surface area contributed by atoms with Gasteiger partial charge in [0.15, 0.2) is 0 Å². The molecule has 0 N–H and O–H groups in total. The quantitative estimate of drug-likeness (QED) is 0.551. The third-order valence-electron chi connectivity index (χ3n) is 1.29. The average Bonchev–Trinajstić information content (AvgIpc) is 1.85. The standard InChI is InChI=1S/C7H7Cl2NS/c1-4(11)5-2-3-6(8)10-7(5)9/h2-4,11H,1H3. The van der Waals surface area contributed by atoms with Crippen LogP contribution < -0.4 is 0 Å². The first kappa shape index (κ1) is 9.17. The van der Waals surface area contributed by atoms with Gasteiger partial charge in [0, 0.05) is 10.8 Å². The van der Waals surface area contributed by atoms with E-state index in [2.05, 4.69) is 17.6 Å². The van der Waals surface area contributed by atoms with Crippen LogP contribution in [0, 0.1) is 0 Å². The van der Waals surface area contributed by atoms with Crippen LogP contribution in [0.5, 0.6) is 0 Å². The van der Waals surface area contributed by atoms with Gasteiger partial charge in [0.2, 0.25) is 0 Å². The molecule has 0 aliphatic rings. The van der Waals surface area contributed by atoms with Crippen LogP contribution in [-0.4, -0.2) is 4.98 Å². The Morgan fingerprint density at radius 2 is 2.09 bits per heavy atom. The minimum atomic E-state index is 0.0901. The van der Waals surface area contributed by atoms with Crippen molar-refractivity contribution < 1.29 is 0 Å². The summed E-state index contributed by atoms with van der Waals surface area (Å²) in [5.41, 5.74) is 0.902. The molecule has 1 heterocycles. The molecule has 1 unspecified atom stereocenters. The first-order valence-electron chi connectivity index (χ1n) is 3.11. The fourth-order valence-electron chi connectivity index (χ4n) is 0.735. The zero-order valence-corrected chi connectivity index (χ0v) is 8.29. The van der Waals surface area contributed by atoms with Gasteiger partial charge in [-0.2, -0.15) is 12.6 Å². The van der Waals surface area contributed by atoms with Gasteiger partial charge in [0.25, 0.3) is 0 Å². The number of rotatable bonds is 1. The van der Waals surface area contributed by atoms with Crippen LogP contribution in [0.25, 0.3) is 0 Å². The molecule has 4 heteroatoms. The zero-order chi connectivity index (χ0) is 8.43. The fraction of sp³-hybridized carbons (Fsp3) is 0.286. The Morgan fingerprint density at radius 1 is 1.45 bits per heavy atom. The van der Waals surface area contributed by atoms with E-state index in [0.29, 0.717) is 10.3 Å². The summed E-state index contributed by atoms with van der Waals surface area (Å²) >= 11 is 15.6. The second kappa shape index (κ2) is 3.65. The van der Waals surface area contributed by atoms with Gasteiger partial charge in [-0.1, -0.05) is 29.3 Å². The predicted octanol–water partition coefficient (Wildman–Crippen LogP) is 3.38. The second-order valence-corrected chi connectivity index (χ2v) is 3.71. The lowest BCUT2D eigenvalue weighted by atomic mass is 10.2. The molecule has 1 atom stereocenters. The highest BCUT2D eigenvalue weighted by Crippen LogP contribution is 2.26. The smallest absolute Gasteiger partial charge is 0.135 e. The number of halogens is 2. The van der Waals surface area contributed by atoms with E-state index in [1.54, 1.807) is 6.07 Å². The Hall–Kier alpha value is 0.0800. The third kappa shape index (κ3) is 2.26. The summed E-state index contributed by atoms with van der Waals surface area (Å²) in [4.78, 5) is 3.88. The van der Waals surface area contributed by atoms with Crippen LogP contribution in [-0.2, 0) is 0 Å². The van der Waals surface area contributed by atoms with Gasteiger partial charge in [0.05, 0.1) is 0 Å². The van der Waals surface area contributed by atoms with Crippen molar-refractivity contribution in [3.8, 4) is 0 Å². The molecular formula is C7H7Cl2NS. The molecule has 1 aromatic heterocycles. The van der Waals surface area contributed by atoms with Crippen molar-refractivity contribution in [1.82, 2.24) is 4.98 Å². The molecule has 1 aromatic rings. The molecular weight excluding hydrogens is 201 g/mol. The van der Waals surface area contributed by atoms with Crippen LogP contribution in [0.3, 0.4) is 0 Å². The van der Waals surface area contributed by atoms with Crippen LogP contribution in [0.1, 0.15) is 17.7 Å². The van der Waals surface area contributed by atoms with Crippen molar-refractivity contribution >= 4 is 35.8 Å². The van der Waals surface area contributed by atoms with Gasteiger partial charge >= 0.3 is 0 Å². The highest BCUT2D eigenvalue weighted by Gasteiger charge is 2.06. The highest BCUT2D eigenvalue weighted by atomic mass is 35.5. The number of thiol groups is 1. The van der Waals surface area contributed by atoms with Gasteiger partial charge in [-0.3, -0.25) is 0 Å². The maximum Gasteiger partial charge on any atom is 0.135 e. The summed E-state index contributed by atoms with van der Waals surface area (Å²) in [6, 6.07) is 3.53. The van der Waals surface area contributed by atoms with E-state index in [-0.39, 0.29) is 5.25 Å². The van der Waals surface area contributed by atoms with Crippen molar-refractivity contribution in [1.29, 1.82) is 0 Å². The normalized spacial score (nSPS) is 13.1. The molecule has 11 heavy (non-hydrogen) atoms. The monoisotopic (exact) mass is 207 g/mol. The molecule has 0 radical (unpaired) electrons. The Bertz CT molecular complexity index is 263. The van der Waals surface area contributed by atoms with Gasteiger partial charge in [0.1, 0.15) is 10.3 Å². The van der Waals surface area contributed by atoms with Crippen LogP contribution >= 0.6 is 35.8 Å². The lowest BCUT2D eigenvalue weighted by molar-refractivity contribution is 1.08. The number of hydrogen-bond donors (Lipinski definition) is 1. The summed E-state index contributed by atoms with van der Waals surface area (Å²) in [6.07, 6.45) is 0. The molecule has 0 aliphatic carbocycles. The van der Waals surface area contributed by atoms with Gasteiger partial charge in [-0.05, 0) is 13.0 Å². The third-order valence-corrected chi connectivity index (χ3v) is 2.09. The molecule has 0 saturated heterocycles. The summed E-state index contributed by atoms with van der Waals surface area (Å²) in [5, 5.41) is 0.931. The van der Waals surface area contributed by atoms with E-state index in [1.807, 2.05) is 13.0 Å². The van der Waals surface area contributed by atoms with Gasteiger partial charge in [-0.25, -0.2) is 4.98 Å². The van der Waals surface area contributed by atoms with Crippen molar-refractivity contribution in [3.63, 3.8) is 0 Å². The lowest BCUT2D eigenvalue weighted by Gasteiger charge is -2.05. The van der Waals surface area contributed by atoms with Crippen molar-refractivity contribution in [2.24, 2.45) is 0 Å². The van der Waals surface area contributed by atoms with Crippen LogP contribution in [0.15, 0.2) is 12.1 Å². The molecule has 0 amide bonds. The molecule has 0 bridgehead atoms. The molecule has 0 aromatic carbocycles. The summed E-state index contributed by atoms with van der Waals surface area (Å²) < 4.78 is 0. The van der Waals surface area contributed by atoms with Gasteiger partial charge in [-0.15, -0.1) is 0 Å². The van der Waals surface area contributed by atoms with E-state index in [1.165, 1.54) is 0 Å². The lowest BCUT2D eigenvalue weighted by Crippen LogP contribution is -1.88. The molecule has 60 valence electrons. The first-order valence-corrected chi connectivity index (χ1v) is 4.38. The van der Waals surface area contributed by atoms with Crippen LogP contribution in [0.2, 0.25) is 10.3 Å². The Morgan fingerprint density at radius 3 is 2.55 bits per heavy atom. The van der Waals surface area contributed by atoms with E-state index < -0.39 is 0 Å². The molecule has 0 fully saturated rings. The molecule has 1 rings (SSSR count). The molecule has 0 saturated carbocycles. The van der Waals surface area contributed by atoms with Gasteiger partial charge < -0.3 is 0 Å². The predicted molar refractivity (Wildman–Crippen MR) is 51.7 cm³/mol. The minimum Gasteiger partial charge on any atom is -0.224 e. The number of hydrogen-bond acceptors (Lipinski definition) is 2. The largest absolute Gasteiger partial charge is 0.224 e. The van der Waals surface area contributed by atoms with Crippen molar-refractivity contribution in [3.05, 3.63) is 28.0 Å². The topological polar surface area (TPSA) is 12.9 Å². The molecule has 0 spiro atoms. The maximum absolute atomic E-state index is 5.78. The first-order chi connectivity index (χ1) is 5.11. The molecule has 0 aliphatic heterocycles. The fourth-order valence-corrected chi connectivity index (χ4v) is 1.53. The molecule has 1 nitrogen and oxygen atoms in total. The van der Waals surface area contributed by atoms with E-state index >= 15 is 0 Å². The SMILES string of the molecule is CC(S)c1ccc(Cl)nc1Cl. The Kier molecular flexibility index (Phi) is 3.05. The second-order valence-electron chi connectivity index (χ2n) is 2.19. The Balaban J connectivity index is 3.09. The summed E-state index contributed by atoms with van der Waals surface area (Å²) in [7, 11) is 0. The zero-order valence-electron chi connectivity index (χ0n) is 5.88. The van der Waals surface area contributed by atoms with E-state index in [9.17, 15) is 0 Å². The minimum absolute atomic E-state index is 0.0901. The van der Waals surface area contributed by atoms with E-state index in [4.69, 9.17) is 23.2 Å². The average molecular weight is 208 g/mol. The van der Waals surface area contributed by atoms with Crippen molar-refractivity contribution in [2.75, 3.05) is 0 Å². The van der Waals surface area contributed by atoms with Crippen LogP contribution in [0.4, 0.5) is 0 Å². The highest BCUT2D eigenvalue weighted by molar-refractivity contribution is 7.80. The summed E-state index contributed by atoms with van der Waals surface area (Å²) in [5.74, 6) is 0. The number of aromatic nitrogens is 1. The van der Waals surface area contributed by atoms with E-state index in [0.717, 1.165) is 5.56 Å². The maximum atomic E-state index is 5.78. The summed E-state index contributed by atoms with van der Waals surface area (Å²) in [6.45, 7) is 1.93. The number of nitrogens with zero attached hydrogens (tertiary/aromatic N) is 1. The Labute approximate surface area is 81.1 Å². The van der Waals surface area contributed by atoms with Crippen molar-refractivity contribution in [2.45, 2.75) is 12.2 Å². The number of pyridine rings is 1.